The molecule has 1 aromatic carbocycles. The quantitative estimate of drug-likeness (QED) is 0.661. The molecule has 1 fully saturated rings. The highest BCUT2D eigenvalue weighted by Crippen LogP contribution is 2.37. The number of pyridine rings is 1. The van der Waals surface area contributed by atoms with Crippen molar-refractivity contribution >= 4 is 27.3 Å². The van der Waals surface area contributed by atoms with Gasteiger partial charge in [-0.3, -0.25) is 4.79 Å². The number of hydrogen-bond donors (Lipinski definition) is 1. The second kappa shape index (κ2) is 8.43. The summed E-state index contributed by atoms with van der Waals surface area (Å²) < 4.78 is 68.7. The van der Waals surface area contributed by atoms with Gasteiger partial charge in [-0.05, 0) is 43.0 Å². The van der Waals surface area contributed by atoms with E-state index in [4.69, 9.17) is 16.3 Å². The summed E-state index contributed by atoms with van der Waals surface area (Å²) in [5.41, 5.74) is -0.752. The zero-order valence-corrected chi connectivity index (χ0v) is 17.3. The summed E-state index contributed by atoms with van der Waals surface area (Å²) in [7, 11) is -2.49. The van der Waals surface area contributed by atoms with Crippen molar-refractivity contribution in [2.45, 2.75) is 29.2 Å². The average molecular weight is 463 g/mol. The van der Waals surface area contributed by atoms with Crippen LogP contribution in [0.1, 0.15) is 28.8 Å². The Balaban J connectivity index is 1.58. The third-order valence-corrected chi connectivity index (χ3v) is 7.28. The molecular weight excluding hydrogens is 445 g/mol. The number of amides is 1. The topological polar surface area (TPSA) is 85.4 Å². The van der Waals surface area contributed by atoms with Crippen molar-refractivity contribution in [3.8, 4) is 5.88 Å². The van der Waals surface area contributed by atoms with E-state index in [1.54, 1.807) is 0 Å². The maximum absolute atomic E-state index is 12.8. The van der Waals surface area contributed by atoms with Gasteiger partial charge in [0, 0.05) is 18.2 Å². The van der Waals surface area contributed by atoms with Crippen LogP contribution >= 0.6 is 11.6 Å². The number of nitrogens with zero attached hydrogens (tertiary/aromatic N) is 1. The monoisotopic (exact) mass is 462 g/mol. The van der Waals surface area contributed by atoms with E-state index >= 15 is 0 Å². The zero-order chi connectivity index (χ0) is 22.1. The fraction of sp³-hybridized carbons (Fsp3) is 0.368. The summed E-state index contributed by atoms with van der Waals surface area (Å²) in [6.45, 7) is 0.232. The number of methoxy groups -OCH3 is 1. The summed E-state index contributed by atoms with van der Waals surface area (Å²) in [6, 6.07) is 6.54. The molecule has 30 heavy (non-hydrogen) atoms. The second-order valence-corrected chi connectivity index (χ2v) is 9.58. The van der Waals surface area contributed by atoms with E-state index in [2.05, 4.69) is 10.3 Å². The predicted molar refractivity (Wildman–Crippen MR) is 103 cm³/mol. The van der Waals surface area contributed by atoms with Gasteiger partial charge in [0.05, 0.1) is 22.8 Å². The van der Waals surface area contributed by atoms with Gasteiger partial charge in [-0.15, -0.1) is 0 Å². The number of carbonyl (C=O) groups excluding carboxylic acids is 1. The lowest BCUT2D eigenvalue weighted by Gasteiger charge is -2.35. The molecule has 0 unspecified atom stereocenters. The number of halogens is 4. The van der Waals surface area contributed by atoms with Gasteiger partial charge in [-0.2, -0.15) is 13.2 Å². The van der Waals surface area contributed by atoms with Gasteiger partial charge in [-0.1, -0.05) is 17.7 Å². The van der Waals surface area contributed by atoms with Crippen molar-refractivity contribution in [2.75, 3.05) is 13.7 Å². The molecule has 1 aliphatic carbocycles. The first-order valence-corrected chi connectivity index (χ1v) is 10.8. The zero-order valence-electron chi connectivity index (χ0n) is 15.7. The summed E-state index contributed by atoms with van der Waals surface area (Å²) in [5.74, 6) is -0.330. The minimum Gasteiger partial charge on any atom is -0.481 e. The van der Waals surface area contributed by atoms with Gasteiger partial charge in [0.25, 0.3) is 5.91 Å². The van der Waals surface area contributed by atoms with Gasteiger partial charge in [-0.25, -0.2) is 13.4 Å². The summed E-state index contributed by atoms with van der Waals surface area (Å²) in [5, 5.41) is 2.01. The number of carbonyl (C=O) groups is 1. The maximum Gasteiger partial charge on any atom is 0.416 e. The first-order chi connectivity index (χ1) is 14.0. The number of hydrogen-bond acceptors (Lipinski definition) is 5. The first kappa shape index (κ1) is 22.4. The number of alkyl halides is 3. The van der Waals surface area contributed by atoms with Crippen LogP contribution in [0.15, 0.2) is 41.3 Å². The van der Waals surface area contributed by atoms with E-state index in [0.29, 0.717) is 6.07 Å². The third-order valence-electron chi connectivity index (χ3n) is 4.91. The molecule has 1 saturated carbocycles. The fourth-order valence-corrected chi connectivity index (χ4v) is 5.38. The average Bonchev–Trinajstić information content (AvgIpc) is 2.65. The molecule has 0 bridgehead atoms. The number of ether oxygens (including phenoxy) is 1. The molecule has 3 rings (SSSR count). The summed E-state index contributed by atoms with van der Waals surface area (Å²) >= 11 is 5.83. The van der Waals surface area contributed by atoms with E-state index in [0.717, 1.165) is 12.1 Å². The lowest BCUT2D eigenvalue weighted by Crippen LogP contribution is -2.42. The van der Waals surface area contributed by atoms with E-state index in [1.165, 1.54) is 25.3 Å². The molecule has 0 saturated heterocycles. The molecule has 0 radical (unpaired) electrons. The molecule has 0 atom stereocenters. The van der Waals surface area contributed by atoms with Gasteiger partial charge >= 0.3 is 6.18 Å². The molecule has 6 nitrogen and oxygen atoms in total. The lowest BCUT2D eigenvalue weighted by atomic mass is 9.85. The van der Waals surface area contributed by atoms with Crippen LogP contribution in [0.2, 0.25) is 5.15 Å². The Morgan fingerprint density at radius 1 is 1.27 bits per heavy atom. The van der Waals surface area contributed by atoms with Crippen LogP contribution in [0.5, 0.6) is 5.88 Å². The van der Waals surface area contributed by atoms with Crippen LogP contribution in [0.3, 0.4) is 0 Å². The molecule has 2 aromatic rings. The molecule has 1 amide bonds. The van der Waals surface area contributed by atoms with Gasteiger partial charge < -0.3 is 10.1 Å². The Labute approximate surface area is 176 Å². The van der Waals surface area contributed by atoms with Crippen LogP contribution in [-0.2, 0) is 16.0 Å². The molecule has 162 valence electrons. The van der Waals surface area contributed by atoms with Crippen LogP contribution in [0.25, 0.3) is 0 Å². The Morgan fingerprint density at radius 3 is 2.60 bits per heavy atom. The predicted octanol–water partition coefficient (Wildman–Crippen LogP) is 3.74. The number of rotatable bonds is 6. The first-order valence-electron chi connectivity index (χ1n) is 8.91. The van der Waals surface area contributed by atoms with Crippen LogP contribution < -0.4 is 10.1 Å². The van der Waals surface area contributed by atoms with E-state index in [9.17, 15) is 26.4 Å². The minimum absolute atomic E-state index is 0.0930. The Kier molecular flexibility index (Phi) is 6.28. The van der Waals surface area contributed by atoms with Crippen molar-refractivity contribution < 1.29 is 31.1 Å². The third kappa shape index (κ3) is 4.86. The summed E-state index contributed by atoms with van der Waals surface area (Å²) in [4.78, 5) is 15.8. The maximum atomic E-state index is 12.8. The van der Waals surface area contributed by atoms with Crippen molar-refractivity contribution in [3.63, 3.8) is 0 Å². The smallest absolute Gasteiger partial charge is 0.416 e. The van der Waals surface area contributed by atoms with E-state index < -0.39 is 32.7 Å². The van der Waals surface area contributed by atoms with Crippen molar-refractivity contribution in [3.05, 3.63) is 52.7 Å². The molecule has 11 heteroatoms. The Hall–Kier alpha value is -2.33. The van der Waals surface area contributed by atoms with Crippen molar-refractivity contribution in [1.82, 2.24) is 10.3 Å². The highest BCUT2D eigenvalue weighted by molar-refractivity contribution is 7.92. The number of sulfone groups is 1. The highest BCUT2D eigenvalue weighted by atomic mass is 35.5. The SMILES string of the molecule is COc1cc(C(=O)NCC2CC(S(=O)(=O)c3cccc(C(F)(F)F)c3)C2)cc(Cl)n1. The van der Waals surface area contributed by atoms with E-state index in [1.807, 2.05) is 0 Å². The largest absolute Gasteiger partial charge is 0.481 e. The molecule has 1 N–H and O–H groups in total. The second-order valence-electron chi connectivity index (χ2n) is 6.96. The Morgan fingerprint density at radius 2 is 1.97 bits per heavy atom. The standard InChI is InChI=1S/C19H18ClF3N2O4S/c1-29-17-8-12(7-16(20)25-17)18(26)24-10-11-5-15(6-11)30(27,28)14-4-2-3-13(9-14)19(21,22)23/h2-4,7-9,11,15H,5-6,10H2,1H3,(H,24,26). The van der Waals surface area contributed by atoms with Crippen LogP contribution in [0.4, 0.5) is 13.2 Å². The van der Waals surface area contributed by atoms with E-state index in [-0.39, 0.29) is 46.8 Å². The molecule has 0 spiro atoms. The van der Waals surface area contributed by atoms with Gasteiger partial charge in [0.15, 0.2) is 9.84 Å². The summed E-state index contributed by atoms with van der Waals surface area (Å²) in [6.07, 6.45) is -4.12. The fourth-order valence-electron chi connectivity index (χ4n) is 3.18. The minimum atomic E-state index is -4.61. The number of benzene rings is 1. The van der Waals surface area contributed by atoms with Crippen LogP contribution in [0, 0.1) is 5.92 Å². The van der Waals surface area contributed by atoms with Crippen molar-refractivity contribution in [1.29, 1.82) is 0 Å². The van der Waals surface area contributed by atoms with Crippen LogP contribution in [-0.4, -0.2) is 38.2 Å². The molecular formula is C19H18ClF3N2O4S. The Bertz CT molecular complexity index is 1050. The molecule has 0 aliphatic heterocycles. The highest BCUT2D eigenvalue weighted by Gasteiger charge is 2.40. The number of aromatic nitrogens is 1. The van der Waals surface area contributed by atoms with Gasteiger partial charge in [0.2, 0.25) is 5.88 Å². The normalized spacial score (nSPS) is 19.1. The molecule has 1 heterocycles. The number of nitrogens with one attached hydrogen (secondary N) is 1. The molecule has 1 aliphatic rings. The van der Waals surface area contributed by atoms with Crippen molar-refractivity contribution in [2.24, 2.45) is 5.92 Å². The van der Waals surface area contributed by atoms with Gasteiger partial charge in [0.1, 0.15) is 5.15 Å². The lowest BCUT2D eigenvalue weighted by molar-refractivity contribution is -0.137. The molecule has 1 aromatic heterocycles.